The largest absolute Gasteiger partial charge is 0.141 e. The first-order valence-electron chi connectivity index (χ1n) is 16.8. The van der Waals surface area contributed by atoms with Gasteiger partial charge in [-0.3, -0.25) is 0 Å². The number of hydrogen-bond donors (Lipinski definition) is 0. The number of aryl methyl sites for hydroxylation is 2. The summed E-state index contributed by atoms with van der Waals surface area (Å²) in [7, 11) is 0. The molecular weight excluding hydrogens is 785 g/mol. The van der Waals surface area contributed by atoms with Crippen molar-refractivity contribution < 1.29 is 0 Å². The second-order valence-corrected chi connectivity index (χ2v) is 19.7. The molecule has 0 aromatic carbocycles. The predicted molar refractivity (Wildman–Crippen MR) is 217 cm³/mol. The molecule has 0 aliphatic rings. The molecule has 238 valence electrons. The van der Waals surface area contributed by atoms with E-state index in [1.54, 1.807) is 20.5 Å². The third kappa shape index (κ3) is 7.43. The van der Waals surface area contributed by atoms with Gasteiger partial charge in [0.15, 0.2) is 0 Å². The summed E-state index contributed by atoms with van der Waals surface area (Å²) < 4.78 is 14.6. The van der Waals surface area contributed by atoms with Gasteiger partial charge < -0.3 is 0 Å². The third-order valence-electron chi connectivity index (χ3n) is 8.88. The average Bonchev–Trinajstić information content (AvgIpc) is 3.85. The predicted octanol–water partition coefficient (Wildman–Crippen LogP) is 17.2. The first-order valence-corrected chi connectivity index (χ1v) is 23.5. The van der Waals surface area contributed by atoms with Gasteiger partial charge in [0.2, 0.25) is 0 Å². The van der Waals surface area contributed by atoms with Crippen LogP contribution < -0.4 is 0 Å². The minimum atomic E-state index is 1.23. The van der Waals surface area contributed by atoms with E-state index >= 15 is 0 Å². The molecule has 0 unspecified atom stereocenters. The average molecular weight is 829 g/mol. The lowest BCUT2D eigenvalue weighted by Gasteiger charge is -2.01. The molecule has 0 aliphatic carbocycles. The highest BCUT2D eigenvalue weighted by molar-refractivity contribution is 9.11. The topological polar surface area (TPSA) is 0 Å². The van der Waals surface area contributed by atoms with Gasteiger partial charge in [0.05, 0.1) is 56.3 Å². The maximum Gasteiger partial charge on any atom is 0.0648 e. The van der Waals surface area contributed by atoms with Gasteiger partial charge in [-0.15, -0.1) is 68.0 Å². The van der Waals surface area contributed by atoms with E-state index in [4.69, 9.17) is 0 Å². The van der Waals surface area contributed by atoms with Crippen molar-refractivity contribution in [3.63, 3.8) is 0 Å². The SMILES string of the molecule is CCCCCCCCCCc1csc2c1sc1c(Br)c(-c3sc4c(sc5c(CCCCCCCCCC)csc54)c3Br)sc12. The lowest BCUT2D eigenvalue weighted by molar-refractivity contribution is 0.576. The van der Waals surface area contributed by atoms with E-state index in [1.165, 1.54) is 162 Å². The molecule has 6 aromatic rings. The number of thiophene rings is 6. The minimum Gasteiger partial charge on any atom is -0.141 e. The van der Waals surface area contributed by atoms with Crippen LogP contribution in [0, 0.1) is 0 Å². The molecule has 0 bridgehead atoms. The molecule has 0 saturated carbocycles. The van der Waals surface area contributed by atoms with Crippen LogP contribution in [0.15, 0.2) is 19.7 Å². The summed E-state index contributed by atoms with van der Waals surface area (Å²) in [5.41, 5.74) is 3.16. The monoisotopic (exact) mass is 826 g/mol. The van der Waals surface area contributed by atoms with Crippen molar-refractivity contribution in [3.05, 3.63) is 30.8 Å². The summed E-state index contributed by atoms with van der Waals surface area (Å²) in [5.74, 6) is 0. The highest BCUT2D eigenvalue weighted by atomic mass is 79.9. The molecule has 0 saturated heterocycles. The molecule has 0 nitrogen and oxygen atoms in total. The van der Waals surface area contributed by atoms with Crippen LogP contribution in [-0.4, -0.2) is 0 Å². The van der Waals surface area contributed by atoms with Crippen molar-refractivity contribution in [1.29, 1.82) is 0 Å². The summed E-state index contributed by atoms with van der Waals surface area (Å²) in [6, 6.07) is 0. The summed E-state index contributed by atoms with van der Waals surface area (Å²) in [4.78, 5) is 2.80. The van der Waals surface area contributed by atoms with Crippen LogP contribution >= 0.6 is 99.9 Å². The van der Waals surface area contributed by atoms with Crippen molar-refractivity contribution in [1.82, 2.24) is 0 Å². The van der Waals surface area contributed by atoms with Crippen molar-refractivity contribution in [2.24, 2.45) is 0 Å². The normalized spacial score (nSPS) is 12.4. The van der Waals surface area contributed by atoms with Crippen LogP contribution in [-0.2, 0) is 12.8 Å². The molecular formula is C36H44Br2S6. The summed E-state index contributed by atoms with van der Waals surface area (Å²) in [6.07, 6.45) is 24.7. The van der Waals surface area contributed by atoms with Crippen molar-refractivity contribution in [2.45, 2.75) is 129 Å². The van der Waals surface area contributed by atoms with Crippen LogP contribution in [0.3, 0.4) is 0 Å². The number of hydrogen-bond acceptors (Lipinski definition) is 6. The zero-order valence-electron chi connectivity index (χ0n) is 26.1. The Morgan fingerprint density at radius 2 is 0.773 bits per heavy atom. The molecule has 0 radical (unpaired) electrons. The minimum absolute atomic E-state index is 1.23. The Balaban J connectivity index is 1.12. The van der Waals surface area contributed by atoms with Gasteiger partial charge in [0.25, 0.3) is 0 Å². The van der Waals surface area contributed by atoms with E-state index < -0.39 is 0 Å². The van der Waals surface area contributed by atoms with Crippen LogP contribution in [0.25, 0.3) is 47.4 Å². The fraction of sp³-hybridized carbons (Fsp3) is 0.556. The molecule has 6 heterocycles. The zero-order chi connectivity index (χ0) is 30.5. The van der Waals surface area contributed by atoms with Crippen LogP contribution in [0.1, 0.15) is 128 Å². The molecule has 6 aromatic heterocycles. The van der Waals surface area contributed by atoms with E-state index in [1.807, 2.05) is 68.0 Å². The molecule has 0 N–H and O–H groups in total. The van der Waals surface area contributed by atoms with Crippen LogP contribution in [0.2, 0.25) is 0 Å². The standard InChI is InChI=1S/C36H44Br2S6/c1-3-5-7-9-11-13-15-17-19-23-21-39-33-27(23)41-31-25(37)29(43-35(31)33)30-26(38)32-36(44-30)34-28(42-32)24(22-40-34)20-18-16-14-12-10-8-6-4-2/h21-22H,3-20H2,1-2H3. The quantitative estimate of drug-likeness (QED) is 0.0714. The van der Waals surface area contributed by atoms with Gasteiger partial charge in [-0.05, 0) is 79.4 Å². The molecule has 0 aliphatic heterocycles. The second kappa shape index (κ2) is 16.5. The maximum absolute atomic E-state index is 4.08. The van der Waals surface area contributed by atoms with Gasteiger partial charge in [-0.25, -0.2) is 0 Å². The molecule has 0 atom stereocenters. The molecule has 0 amide bonds. The van der Waals surface area contributed by atoms with Crippen LogP contribution in [0.5, 0.6) is 0 Å². The first-order chi connectivity index (χ1) is 21.6. The summed E-state index contributed by atoms with van der Waals surface area (Å²) in [6.45, 7) is 4.60. The van der Waals surface area contributed by atoms with Gasteiger partial charge in [-0.1, -0.05) is 104 Å². The zero-order valence-corrected chi connectivity index (χ0v) is 34.2. The Hall–Kier alpha value is 0.200. The van der Waals surface area contributed by atoms with Gasteiger partial charge in [-0.2, -0.15) is 0 Å². The molecule has 44 heavy (non-hydrogen) atoms. The first kappa shape index (κ1) is 34.1. The summed E-state index contributed by atoms with van der Waals surface area (Å²) in [5, 5.41) is 4.90. The Morgan fingerprint density at radius 3 is 1.16 bits per heavy atom. The van der Waals surface area contributed by atoms with Crippen molar-refractivity contribution in [3.8, 4) is 9.75 Å². The fourth-order valence-electron chi connectivity index (χ4n) is 6.32. The van der Waals surface area contributed by atoms with Gasteiger partial charge in [0, 0.05) is 0 Å². The lowest BCUT2D eigenvalue weighted by atomic mass is 10.1. The number of rotatable bonds is 19. The van der Waals surface area contributed by atoms with Gasteiger partial charge in [0.1, 0.15) is 0 Å². The second-order valence-electron chi connectivity index (χ2n) is 12.3. The smallest absolute Gasteiger partial charge is 0.0648 e. The van der Waals surface area contributed by atoms with Crippen molar-refractivity contribution in [2.75, 3.05) is 0 Å². The number of halogens is 2. The van der Waals surface area contributed by atoms with E-state index in [-0.39, 0.29) is 0 Å². The highest BCUT2D eigenvalue weighted by Crippen LogP contribution is 2.57. The van der Waals surface area contributed by atoms with E-state index in [0.717, 1.165) is 0 Å². The Morgan fingerprint density at radius 1 is 0.409 bits per heavy atom. The molecule has 8 heteroatoms. The Bertz CT molecular complexity index is 1660. The number of fused-ring (bicyclic) bond motifs is 6. The van der Waals surface area contributed by atoms with E-state index in [9.17, 15) is 0 Å². The van der Waals surface area contributed by atoms with E-state index in [0.29, 0.717) is 0 Å². The lowest BCUT2D eigenvalue weighted by Crippen LogP contribution is -1.84. The van der Waals surface area contributed by atoms with Crippen molar-refractivity contribution >= 4 is 137 Å². The Labute approximate surface area is 304 Å². The summed E-state index contributed by atoms with van der Waals surface area (Å²) >= 11 is 20.1. The molecule has 0 fully saturated rings. The Kier molecular flexibility index (Phi) is 12.8. The molecule has 0 spiro atoms. The maximum atomic E-state index is 4.08. The van der Waals surface area contributed by atoms with Gasteiger partial charge >= 0.3 is 0 Å². The fourth-order valence-corrected chi connectivity index (χ4v) is 17.0. The number of unbranched alkanes of at least 4 members (excludes halogenated alkanes) is 14. The molecule has 6 rings (SSSR count). The highest BCUT2D eigenvalue weighted by Gasteiger charge is 2.25. The third-order valence-corrected chi connectivity index (χ3v) is 19.5. The van der Waals surface area contributed by atoms with Crippen LogP contribution in [0.4, 0.5) is 0 Å². The van der Waals surface area contributed by atoms with E-state index in [2.05, 4.69) is 56.5 Å².